The first kappa shape index (κ1) is 10.3. The Bertz CT molecular complexity index is 365. The van der Waals surface area contributed by atoms with Crippen LogP contribution < -0.4 is 10.1 Å². The SMILES string of the molecule is Cc1ccc2c(c1)NCC(C(C)(C)C)O2. The van der Waals surface area contributed by atoms with Gasteiger partial charge in [0.2, 0.25) is 0 Å². The lowest BCUT2D eigenvalue weighted by molar-refractivity contribution is 0.0922. The second-order valence-corrected chi connectivity index (χ2v) is 5.35. The van der Waals surface area contributed by atoms with Gasteiger partial charge in [-0.15, -0.1) is 0 Å². The van der Waals surface area contributed by atoms with Crippen LogP contribution in [0.1, 0.15) is 26.3 Å². The topological polar surface area (TPSA) is 21.3 Å². The smallest absolute Gasteiger partial charge is 0.142 e. The van der Waals surface area contributed by atoms with Crippen molar-refractivity contribution in [2.24, 2.45) is 5.41 Å². The maximum Gasteiger partial charge on any atom is 0.142 e. The van der Waals surface area contributed by atoms with Gasteiger partial charge >= 0.3 is 0 Å². The van der Waals surface area contributed by atoms with Crippen LogP contribution in [0.5, 0.6) is 5.75 Å². The largest absolute Gasteiger partial charge is 0.486 e. The molecule has 82 valence electrons. The van der Waals surface area contributed by atoms with Crippen LogP contribution in [0.15, 0.2) is 18.2 Å². The minimum atomic E-state index is 0.176. The Balaban J connectivity index is 2.24. The van der Waals surface area contributed by atoms with Crippen molar-refractivity contribution >= 4 is 5.69 Å². The molecular weight excluding hydrogens is 186 g/mol. The summed E-state index contributed by atoms with van der Waals surface area (Å²) in [6, 6.07) is 6.27. The molecule has 0 saturated heterocycles. The summed E-state index contributed by atoms with van der Waals surface area (Å²) in [7, 11) is 0. The fourth-order valence-corrected chi connectivity index (χ4v) is 1.77. The van der Waals surface area contributed by atoms with Gasteiger partial charge in [-0.2, -0.15) is 0 Å². The van der Waals surface area contributed by atoms with E-state index in [9.17, 15) is 0 Å². The Morgan fingerprint density at radius 1 is 1.33 bits per heavy atom. The predicted molar refractivity (Wildman–Crippen MR) is 63.5 cm³/mol. The van der Waals surface area contributed by atoms with Crippen LogP contribution in [-0.2, 0) is 0 Å². The third-order valence-corrected chi connectivity index (χ3v) is 2.85. The van der Waals surface area contributed by atoms with Crippen LogP contribution in [0.4, 0.5) is 5.69 Å². The molecule has 2 heteroatoms. The van der Waals surface area contributed by atoms with Gasteiger partial charge in [0, 0.05) is 5.41 Å². The molecule has 0 aliphatic carbocycles. The fourth-order valence-electron chi connectivity index (χ4n) is 1.77. The average molecular weight is 205 g/mol. The van der Waals surface area contributed by atoms with Crippen molar-refractivity contribution in [2.75, 3.05) is 11.9 Å². The number of aryl methyl sites for hydroxylation is 1. The number of benzene rings is 1. The summed E-state index contributed by atoms with van der Waals surface area (Å²) >= 11 is 0. The van der Waals surface area contributed by atoms with Crippen molar-refractivity contribution in [2.45, 2.75) is 33.8 Å². The van der Waals surface area contributed by atoms with Crippen LogP contribution in [-0.4, -0.2) is 12.6 Å². The van der Waals surface area contributed by atoms with E-state index in [1.54, 1.807) is 0 Å². The minimum Gasteiger partial charge on any atom is -0.486 e. The van der Waals surface area contributed by atoms with Crippen LogP contribution in [0, 0.1) is 12.3 Å². The summed E-state index contributed by atoms with van der Waals surface area (Å²) in [6.45, 7) is 9.60. The van der Waals surface area contributed by atoms with E-state index in [2.05, 4.69) is 51.2 Å². The molecule has 15 heavy (non-hydrogen) atoms. The highest BCUT2D eigenvalue weighted by Gasteiger charge is 2.29. The zero-order chi connectivity index (χ0) is 11.1. The molecule has 0 saturated carbocycles. The van der Waals surface area contributed by atoms with Gasteiger partial charge in [-0.1, -0.05) is 26.8 Å². The van der Waals surface area contributed by atoms with E-state index in [-0.39, 0.29) is 11.5 Å². The normalized spacial score (nSPS) is 20.1. The summed E-state index contributed by atoms with van der Waals surface area (Å²) in [4.78, 5) is 0. The van der Waals surface area contributed by atoms with E-state index >= 15 is 0 Å². The molecule has 0 spiro atoms. The average Bonchev–Trinajstić information content (AvgIpc) is 2.15. The van der Waals surface area contributed by atoms with Crippen molar-refractivity contribution in [3.05, 3.63) is 23.8 Å². The van der Waals surface area contributed by atoms with Crippen LogP contribution >= 0.6 is 0 Å². The Hall–Kier alpha value is -1.18. The van der Waals surface area contributed by atoms with E-state index in [0.29, 0.717) is 0 Å². The number of hydrogen-bond donors (Lipinski definition) is 1. The van der Waals surface area contributed by atoms with Crippen molar-refractivity contribution in [1.29, 1.82) is 0 Å². The molecule has 2 nitrogen and oxygen atoms in total. The van der Waals surface area contributed by atoms with Gasteiger partial charge in [-0.25, -0.2) is 0 Å². The maximum atomic E-state index is 5.99. The number of anilines is 1. The molecule has 1 unspecified atom stereocenters. The van der Waals surface area contributed by atoms with Gasteiger partial charge in [0.15, 0.2) is 0 Å². The maximum absolute atomic E-state index is 5.99. The molecule has 0 radical (unpaired) electrons. The number of fused-ring (bicyclic) bond motifs is 1. The zero-order valence-electron chi connectivity index (χ0n) is 9.92. The third kappa shape index (κ3) is 2.09. The van der Waals surface area contributed by atoms with E-state index < -0.39 is 0 Å². The molecule has 1 N–H and O–H groups in total. The van der Waals surface area contributed by atoms with Crippen molar-refractivity contribution < 1.29 is 4.74 Å². The van der Waals surface area contributed by atoms with Crippen LogP contribution in [0.25, 0.3) is 0 Å². The molecule has 2 rings (SSSR count). The number of nitrogens with one attached hydrogen (secondary N) is 1. The number of ether oxygens (including phenoxy) is 1. The van der Waals surface area contributed by atoms with E-state index in [1.807, 2.05) is 0 Å². The number of hydrogen-bond acceptors (Lipinski definition) is 2. The van der Waals surface area contributed by atoms with Gasteiger partial charge in [0.25, 0.3) is 0 Å². The van der Waals surface area contributed by atoms with E-state index in [1.165, 1.54) is 5.56 Å². The molecule has 1 aromatic rings. The monoisotopic (exact) mass is 205 g/mol. The van der Waals surface area contributed by atoms with E-state index in [0.717, 1.165) is 18.0 Å². The summed E-state index contributed by atoms with van der Waals surface area (Å²) in [6.07, 6.45) is 0.243. The highest BCUT2D eigenvalue weighted by Crippen LogP contribution is 2.34. The molecule has 0 fully saturated rings. The lowest BCUT2D eigenvalue weighted by Crippen LogP contribution is -2.40. The van der Waals surface area contributed by atoms with E-state index in [4.69, 9.17) is 4.74 Å². The Kier molecular flexibility index (Phi) is 2.37. The molecule has 0 aromatic heterocycles. The quantitative estimate of drug-likeness (QED) is 0.702. The standard InChI is InChI=1S/C13H19NO/c1-9-5-6-11-10(7-9)14-8-12(15-11)13(2,3)4/h5-7,12,14H,8H2,1-4H3. The van der Waals surface area contributed by atoms with Crippen LogP contribution in [0.3, 0.4) is 0 Å². The van der Waals surface area contributed by atoms with Gasteiger partial charge in [-0.05, 0) is 24.6 Å². The fraction of sp³-hybridized carbons (Fsp3) is 0.538. The highest BCUT2D eigenvalue weighted by atomic mass is 16.5. The number of rotatable bonds is 0. The molecule has 1 aliphatic rings. The first-order chi connectivity index (χ1) is 6.97. The van der Waals surface area contributed by atoms with Crippen molar-refractivity contribution in [3.8, 4) is 5.75 Å². The minimum absolute atomic E-state index is 0.176. The summed E-state index contributed by atoms with van der Waals surface area (Å²) in [5, 5.41) is 3.44. The predicted octanol–water partition coefficient (Wildman–Crippen LogP) is 3.21. The molecule has 1 atom stereocenters. The summed E-state index contributed by atoms with van der Waals surface area (Å²) < 4.78 is 5.99. The second-order valence-electron chi connectivity index (χ2n) is 5.35. The molecular formula is C13H19NO. The highest BCUT2D eigenvalue weighted by molar-refractivity contribution is 5.59. The zero-order valence-corrected chi connectivity index (χ0v) is 9.92. The molecule has 1 aromatic carbocycles. The molecule has 1 heterocycles. The third-order valence-electron chi connectivity index (χ3n) is 2.85. The van der Waals surface area contributed by atoms with Crippen molar-refractivity contribution in [1.82, 2.24) is 0 Å². The Morgan fingerprint density at radius 2 is 2.07 bits per heavy atom. The van der Waals surface area contributed by atoms with Crippen LogP contribution in [0.2, 0.25) is 0 Å². The Labute approximate surface area is 91.6 Å². The molecule has 0 amide bonds. The summed E-state index contributed by atoms with van der Waals surface area (Å²) in [5.41, 5.74) is 2.56. The lowest BCUT2D eigenvalue weighted by Gasteiger charge is -2.36. The van der Waals surface area contributed by atoms with Gasteiger partial charge in [-0.3, -0.25) is 0 Å². The summed E-state index contributed by atoms with van der Waals surface area (Å²) in [5.74, 6) is 0.978. The second kappa shape index (κ2) is 3.44. The molecule has 1 aliphatic heterocycles. The van der Waals surface area contributed by atoms with Crippen molar-refractivity contribution in [3.63, 3.8) is 0 Å². The van der Waals surface area contributed by atoms with Gasteiger partial charge in [0.05, 0.1) is 12.2 Å². The molecule has 0 bridgehead atoms. The Morgan fingerprint density at radius 3 is 2.73 bits per heavy atom. The first-order valence-electron chi connectivity index (χ1n) is 5.48. The van der Waals surface area contributed by atoms with Gasteiger partial charge < -0.3 is 10.1 Å². The lowest BCUT2D eigenvalue weighted by atomic mass is 9.88. The van der Waals surface area contributed by atoms with Gasteiger partial charge in [0.1, 0.15) is 11.9 Å². The first-order valence-corrected chi connectivity index (χ1v) is 5.48.